The molecule has 0 saturated carbocycles. The highest BCUT2D eigenvalue weighted by atomic mass is 32.1. The Bertz CT molecular complexity index is 565. The molecular weight excluding hydrogens is 246 g/mol. The minimum atomic E-state index is 0.381. The normalized spacial score (nSPS) is 10.3. The number of thiocarbonyl (C=S) groups is 1. The van der Waals surface area contributed by atoms with Crippen LogP contribution < -0.4 is 10.6 Å². The van der Waals surface area contributed by atoms with Crippen LogP contribution in [0.1, 0.15) is 16.9 Å². The topological polar surface area (TPSA) is 55.3 Å². The number of furan rings is 1. The molecule has 2 N–H and O–H groups in total. The molecule has 0 aromatic carbocycles. The third kappa shape index (κ3) is 2.68. The monoisotopic (exact) mass is 261 g/mol. The first-order chi connectivity index (χ1) is 8.58. The number of rotatable bonds is 4. The Hall–Kier alpha value is -1.88. The molecule has 0 spiro atoms. The van der Waals surface area contributed by atoms with Gasteiger partial charge in [0, 0.05) is 30.9 Å². The van der Waals surface area contributed by atoms with Gasteiger partial charge in [-0.25, -0.2) is 4.98 Å². The molecule has 5 heteroatoms. The molecule has 18 heavy (non-hydrogen) atoms. The Morgan fingerprint density at radius 3 is 2.89 bits per heavy atom. The molecule has 0 fully saturated rings. The summed E-state index contributed by atoms with van der Waals surface area (Å²) in [7, 11) is 1.97. The van der Waals surface area contributed by atoms with Crippen molar-refractivity contribution < 1.29 is 4.42 Å². The highest BCUT2D eigenvalue weighted by Gasteiger charge is 2.08. The van der Waals surface area contributed by atoms with Crippen LogP contribution in [0.4, 0.5) is 5.82 Å². The summed E-state index contributed by atoms with van der Waals surface area (Å²) < 4.78 is 5.28. The lowest BCUT2D eigenvalue weighted by molar-refractivity contribution is 0.529. The van der Waals surface area contributed by atoms with E-state index >= 15 is 0 Å². The zero-order chi connectivity index (χ0) is 13.1. The molecule has 0 aliphatic carbocycles. The summed E-state index contributed by atoms with van der Waals surface area (Å²) >= 11 is 4.96. The molecule has 2 aromatic rings. The molecule has 0 aliphatic rings. The molecule has 0 unspecified atom stereocenters. The second-order valence-corrected chi connectivity index (χ2v) is 4.56. The lowest BCUT2D eigenvalue weighted by atomic mass is 10.2. The first-order valence-electron chi connectivity index (χ1n) is 5.58. The fourth-order valence-corrected chi connectivity index (χ4v) is 1.82. The standard InChI is InChI=1S/C13H15N3OS/c1-9-11(4-6-17-9)8-16(2)12-7-10(13(14)18)3-5-15-12/h3-7H,8H2,1-2H3,(H2,14,18). The number of hydrogen-bond acceptors (Lipinski definition) is 4. The third-order valence-corrected chi connectivity index (χ3v) is 3.03. The predicted molar refractivity (Wildman–Crippen MR) is 75.7 cm³/mol. The van der Waals surface area contributed by atoms with Crippen molar-refractivity contribution in [2.75, 3.05) is 11.9 Å². The Balaban J connectivity index is 2.18. The van der Waals surface area contributed by atoms with Gasteiger partial charge in [0.1, 0.15) is 16.6 Å². The Kier molecular flexibility index (Phi) is 3.62. The molecule has 4 nitrogen and oxygen atoms in total. The molecule has 0 saturated heterocycles. The van der Waals surface area contributed by atoms with Crippen LogP contribution in [0, 0.1) is 6.92 Å². The zero-order valence-electron chi connectivity index (χ0n) is 10.4. The van der Waals surface area contributed by atoms with E-state index in [-0.39, 0.29) is 0 Å². The van der Waals surface area contributed by atoms with Crippen molar-refractivity contribution in [3.05, 3.63) is 47.5 Å². The van der Waals surface area contributed by atoms with Gasteiger partial charge in [-0.15, -0.1) is 0 Å². The van der Waals surface area contributed by atoms with E-state index in [1.807, 2.05) is 37.1 Å². The Labute approximate surface area is 111 Å². The molecule has 0 atom stereocenters. The summed E-state index contributed by atoms with van der Waals surface area (Å²) in [6.07, 6.45) is 3.40. The van der Waals surface area contributed by atoms with Gasteiger partial charge in [-0.1, -0.05) is 12.2 Å². The highest BCUT2D eigenvalue weighted by Crippen LogP contribution is 2.16. The first-order valence-corrected chi connectivity index (χ1v) is 5.98. The third-order valence-electron chi connectivity index (χ3n) is 2.79. The quantitative estimate of drug-likeness (QED) is 0.855. The number of hydrogen-bond donors (Lipinski definition) is 1. The van der Waals surface area contributed by atoms with Crippen LogP contribution in [0.2, 0.25) is 0 Å². The summed E-state index contributed by atoms with van der Waals surface area (Å²) in [4.78, 5) is 6.72. The van der Waals surface area contributed by atoms with Crippen molar-refractivity contribution in [2.24, 2.45) is 5.73 Å². The number of anilines is 1. The van der Waals surface area contributed by atoms with E-state index in [0.29, 0.717) is 4.99 Å². The van der Waals surface area contributed by atoms with E-state index in [0.717, 1.165) is 29.2 Å². The van der Waals surface area contributed by atoms with Gasteiger partial charge in [0.15, 0.2) is 0 Å². The Morgan fingerprint density at radius 2 is 2.28 bits per heavy atom. The number of nitrogens with two attached hydrogens (primary N) is 1. The van der Waals surface area contributed by atoms with Crippen LogP contribution in [-0.2, 0) is 6.54 Å². The van der Waals surface area contributed by atoms with Gasteiger partial charge in [0.25, 0.3) is 0 Å². The van der Waals surface area contributed by atoms with Crippen LogP contribution in [0.25, 0.3) is 0 Å². The summed E-state index contributed by atoms with van der Waals surface area (Å²) in [5, 5.41) is 0. The van der Waals surface area contributed by atoms with Crippen LogP contribution in [-0.4, -0.2) is 17.0 Å². The lowest BCUT2D eigenvalue weighted by Gasteiger charge is -2.18. The maximum absolute atomic E-state index is 5.61. The molecule has 2 rings (SSSR count). The average molecular weight is 261 g/mol. The maximum Gasteiger partial charge on any atom is 0.129 e. The summed E-state index contributed by atoms with van der Waals surface area (Å²) in [5.74, 6) is 1.76. The van der Waals surface area contributed by atoms with Crippen molar-refractivity contribution in [3.8, 4) is 0 Å². The van der Waals surface area contributed by atoms with Crippen molar-refractivity contribution in [1.82, 2.24) is 4.98 Å². The van der Waals surface area contributed by atoms with Gasteiger partial charge in [-0.3, -0.25) is 0 Å². The van der Waals surface area contributed by atoms with Crippen molar-refractivity contribution >= 4 is 23.0 Å². The van der Waals surface area contributed by atoms with Gasteiger partial charge in [0.2, 0.25) is 0 Å². The second-order valence-electron chi connectivity index (χ2n) is 4.13. The minimum Gasteiger partial charge on any atom is -0.469 e. The Morgan fingerprint density at radius 1 is 1.50 bits per heavy atom. The number of aromatic nitrogens is 1. The van der Waals surface area contributed by atoms with Gasteiger partial charge in [-0.05, 0) is 25.1 Å². The number of pyridine rings is 1. The number of nitrogens with zero attached hydrogens (tertiary/aromatic N) is 2. The summed E-state index contributed by atoms with van der Waals surface area (Å²) in [6.45, 7) is 2.68. The highest BCUT2D eigenvalue weighted by molar-refractivity contribution is 7.80. The molecule has 94 valence electrons. The minimum absolute atomic E-state index is 0.381. The lowest BCUT2D eigenvalue weighted by Crippen LogP contribution is -2.19. The smallest absolute Gasteiger partial charge is 0.129 e. The fraction of sp³-hybridized carbons (Fsp3) is 0.231. The SMILES string of the molecule is Cc1occc1CN(C)c1cc(C(N)=S)ccn1. The molecular formula is C13H15N3OS. The maximum atomic E-state index is 5.61. The average Bonchev–Trinajstić information content (AvgIpc) is 2.75. The van der Waals surface area contributed by atoms with Gasteiger partial charge in [0.05, 0.1) is 6.26 Å². The second kappa shape index (κ2) is 5.18. The van der Waals surface area contributed by atoms with E-state index in [1.165, 1.54) is 0 Å². The van der Waals surface area contributed by atoms with Crippen molar-refractivity contribution in [2.45, 2.75) is 13.5 Å². The van der Waals surface area contributed by atoms with Crippen LogP contribution in [0.15, 0.2) is 35.1 Å². The molecule has 0 amide bonds. The van der Waals surface area contributed by atoms with E-state index < -0.39 is 0 Å². The summed E-state index contributed by atoms with van der Waals surface area (Å²) in [5.41, 5.74) is 7.58. The number of aryl methyl sites for hydroxylation is 1. The zero-order valence-corrected chi connectivity index (χ0v) is 11.2. The molecule has 2 heterocycles. The molecule has 0 radical (unpaired) electrons. The summed E-state index contributed by atoms with van der Waals surface area (Å²) in [6, 6.07) is 5.66. The van der Waals surface area contributed by atoms with Gasteiger partial charge >= 0.3 is 0 Å². The fourth-order valence-electron chi connectivity index (χ4n) is 1.69. The van der Waals surface area contributed by atoms with E-state index in [9.17, 15) is 0 Å². The molecule has 2 aromatic heterocycles. The van der Waals surface area contributed by atoms with Crippen LogP contribution in [0.5, 0.6) is 0 Å². The predicted octanol–water partition coefficient (Wildman–Crippen LogP) is 2.25. The first kappa shape index (κ1) is 12.6. The van der Waals surface area contributed by atoms with Crippen LogP contribution >= 0.6 is 12.2 Å². The molecule has 0 aliphatic heterocycles. The largest absolute Gasteiger partial charge is 0.469 e. The van der Waals surface area contributed by atoms with Gasteiger partial charge in [-0.2, -0.15) is 0 Å². The molecule has 0 bridgehead atoms. The van der Waals surface area contributed by atoms with E-state index in [2.05, 4.69) is 4.98 Å². The van der Waals surface area contributed by atoms with E-state index in [4.69, 9.17) is 22.4 Å². The van der Waals surface area contributed by atoms with E-state index in [1.54, 1.807) is 12.5 Å². The van der Waals surface area contributed by atoms with Crippen molar-refractivity contribution in [3.63, 3.8) is 0 Å². The van der Waals surface area contributed by atoms with Crippen molar-refractivity contribution in [1.29, 1.82) is 0 Å². The van der Waals surface area contributed by atoms with Crippen LogP contribution in [0.3, 0.4) is 0 Å². The van der Waals surface area contributed by atoms with Gasteiger partial charge < -0.3 is 15.1 Å².